The van der Waals surface area contributed by atoms with E-state index in [0.29, 0.717) is 0 Å². The highest BCUT2D eigenvalue weighted by atomic mass is 16.7. The maximum Gasteiger partial charge on any atom is 0.408 e. The summed E-state index contributed by atoms with van der Waals surface area (Å²) in [4.78, 5) is 13.0. The van der Waals surface area contributed by atoms with E-state index in [-0.39, 0.29) is 26.4 Å². The first-order valence-corrected chi connectivity index (χ1v) is 13.5. The summed E-state index contributed by atoms with van der Waals surface area (Å²) < 4.78 is 30.8. The molecule has 8 nitrogen and oxygen atoms in total. The van der Waals surface area contributed by atoms with Gasteiger partial charge in [-0.2, -0.15) is 0 Å². The van der Waals surface area contributed by atoms with Crippen LogP contribution in [0.1, 0.15) is 37.5 Å². The molecule has 2 N–H and O–H groups in total. The van der Waals surface area contributed by atoms with Gasteiger partial charge < -0.3 is 34.1 Å². The zero-order valence-electron chi connectivity index (χ0n) is 23.3. The number of carbonyl (C=O) groups is 1. The maximum atomic E-state index is 13.0. The fourth-order valence-corrected chi connectivity index (χ4v) is 4.48. The van der Waals surface area contributed by atoms with E-state index in [4.69, 9.17) is 23.7 Å². The molecule has 214 valence electrons. The minimum Gasteiger partial charge on any atom is -0.444 e. The minimum absolute atomic E-state index is 0.233. The van der Waals surface area contributed by atoms with Gasteiger partial charge in [-0.3, -0.25) is 0 Å². The summed E-state index contributed by atoms with van der Waals surface area (Å²) in [6.45, 7) is 5.82. The highest BCUT2D eigenvalue weighted by Crippen LogP contribution is 2.29. The molecule has 3 aromatic rings. The van der Waals surface area contributed by atoms with Crippen LogP contribution < -0.4 is 5.32 Å². The molecule has 0 aromatic heterocycles. The smallest absolute Gasteiger partial charge is 0.408 e. The van der Waals surface area contributed by atoms with Crippen molar-refractivity contribution in [2.24, 2.45) is 0 Å². The lowest BCUT2D eigenvalue weighted by Crippen LogP contribution is -2.66. The molecule has 0 aliphatic carbocycles. The number of aliphatic hydroxyl groups is 1. The standard InChI is InChI=1S/C32H39NO7/c1-32(2,3)40-31(35)33-27-29(37-21-24-15-9-5-10-16-24)28(36-20-23-13-7-4-8-14-23)26(19-34)39-30(27)38-22-25-17-11-6-12-18-25/h4-18,26-30,34H,19-22H2,1-3H3,(H,33,35)/t26-,27-,28-,29-,30?/m1/s1. The van der Waals surface area contributed by atoms with Crippen LogP contribution in [0.25, 0.3) is 0 Å². The zero-order chi connectivity index (χ0) is 28.4. The van der Waals surface area contributed by atoms with E-state index in [1.54, 1.807) is 20.8 Å². The van der Waals surface area contributed by atoms with E-state index < -0.39 is 42.3 Å². The molecular formula is C32H39NO7. The van der Waals surface area contributed by atoms with E-state index in [9.17, 15) is 9.90 Å². The number of alkyl carbamates (subject to hydrolysis) is 1. The second-order valence-electron chi connectivity index (χ2n) is 10.7. The van der Waals surface area contributed by atoms with Crippen molar-refractivity contribution in [3.8, 4) is 0 Å². The van der Waals surface area contributed by atoms with Gasteiger partial charge in [-0.1, -0.05) is 91.0 Å². The van der Waals surface area contributed by atoms with Crippen LogP contribution in [0.15, 0.2) is 91.0 Å². The fourth-order valence-electron chi connectivity index (χ4n) is 4.48. The Labute approximate surface area is 236 Å². The summed E-state index contributed by atoms with van der Waals surface area (Å²) in [7, 11) is 0. The third kappa shape index (κ3) is 8.87. The van der Waals surface area contributed by atoms with Crippen LogP contribution in [0, 0.1) is 0 Å². The van der Waals surface area contributed by atoms with Crippen LogP contribution in [0.5, 0.6) is 0 Å². The number of benzene rings is 3. The monoisotopic (exact) mass is 549 g/mol. The number of carbonyl (C=O) groups excluding carboxylic acids is 1. The summed E-state index contributed by atoms with van der Waals surface area (Å²) in [5.41, 5.74) is 2.14. The summed E-state index contributed by atoms with van der Waals surface area (Å²) in [5, 5.41) is 13.3. The highest BCUT2D eigenvalue weighted by Gasteiger charge is 2.49. The molecule has 1 aliphatic rings. The average Bonchev–Trinajstić information content (AvgIpc) is 2.95. The SMILES string of the molecule is CC(C)(C)OC(=O)N[C@H]1C(OCc2ccccc2)O[C@H](CO)[C@@H](OCc2ccccc2)[C@@H]1OCc1ccccc1. The van der Waals surface area contributed by atoms with E-state index in [2.05, 4.69) is 5.32 Å². The summed E-state index contributed by atoms with van der Waals surface area (Å²) in [6.07, 6.45) is -3.79. The van der Waals surface area contributed by atoms with Gasteiger partial charge in [-0.15, -0.1) is 0 Å². The van der Waals surface area contributed by atoms with Gasteiger partial charge >= 0.3 is 6.09 Å². The lowest BCUT2D eigenvalue weighted by Gasteiger charge is -2.46. The van der Waals surface area contributed by atoms with Crippen LogP contribution >= 0.6 is 0 Å². The first-order chi connectivity index (χ1) is 19.3. The number of nitrogens with one attached hydrogen (secondary N) is 1. The Morgan fingerprint density at radius 3 is 1.65 bits per heavy atom. The van der Waals surface area contributed by atoms with Gasteiger partial charge in [0.25, 0.3) is 0 Å². The summed E-state index contributed by atoms with van der Waals surface area (Å²) >= 11 is 0. The van der Waals surface area contributed by atoms with E-state index in [0.717, 1.165) is 16.7 Å². The molecule has 0 bridgehead atoms. The number of amides is 1. The normalized spacial score (nSPS) is 22.9. The van der Waals surface area contributed by atoms with Crippen LogP contribution in [-0.4, -0.2) is 54.1 Å². The Balaban J connectivity index is 1.62. The van der Waals surface area contributed by atoms with Crippen molar-refractivity contribution >= 4 is 6.09 Å². The minimum atomic E-state index is -0.942. The average molecular weight is 550 g/mol. The lowest BCUT2D eigenvalue weighted by atomic mass is 9.96. The van der Waals surface area contributed by atoms with Crippen LogP contribution in [0.4, 0.5) is 4.79 Å². The Bertz CT molecular complexity index is 1150. The molecule has 1 aliphatic heterocycles. The van der Waals surface area contributed by atoms with Crippen LogP contribution in [0.2, 0.25) is 0 Å². The predicted octanol–water partition coefficient (Wildman–Crippen LogP) is 4.98. The number of aliphatic hydroxyl groups excluding tert-OH is 1. The molecule has 0 radical (unpaired) electrons. The second-order valence-corrected chi connectivity index (χ2v) is 10.7. The molecule has 0 saturated carbocycles. The van der Waals surface area contributed by atoms with Gasteiger partial charge in [0.15, 0.2) is 6.29 Å². The van der Waals surface area contributed by atoms with Crippen molar-refractivity contribution in [1.82, 2.24) is 5.32 Å². The largest absolute Gasteiger partial charge is 0.444 e. The van der Waals surface area contributed by atoms with E-state index in [1.165, 1.54) is 0 Å². The van der Waals surface area contributed by atoms with Crippen molar-refractivity contribution in [3.05, 3.63) is 108 Å². The number of hydrogen-bond donors (Lipinski definition) is 2. The molecule has 1 unspecified atom stereocenters. The Hall–Kier alpha value is -3.27. The molecule has 0 spiro atoms. The first kappa shape index (κ1) is 29.7. The summed E-state index contributed by atoms with van der Waals surface area (Å²) in [6, 6.07) is 28.3. The first-order valence-electron chi connectivity index (χ1n) is 13.5. The third-order valence-electron chi connectivity index (χ3n) is 6.34. The van der Waals surface area contributed by atoms with Gasteiger partial charge in [0.1, 0.15) is 30.0 Å². The molecule has 3 aromatic carbocycles. The molecular weight excluding hydrogens is 510 g/mol. The van der Waals surface area contributed by atoms with Crippen molar-refractivity contribution in [3.63, 3.8) is 0 Å². The Morgan fingerprint density at radius 1 is 0.750 bits per heavy atom. The predicted molar refractivity (Wildman–Crippen MR) is 150 cm³/mol. The van der Waals surface area contributed by atoms with E-state index in [1.807, 2.05) is 91.0 Å². The summed E-state index contributed by atoms with van der Waals surface area (Å²) in [5.74, 6) is 0. The molecule has 4 rings (SSSR count). The Kier molecular flexibility index (Phi) is 10.7. The van der Waals surface area contributed by atoms with Crippen LogP contribution in [0.3, 0.4) is 0 Å². The molecule has 1 heterocycles. The van der Waals surface area contributed by atoms with Gasteiger partial charge in [-0.25, -0.2) is 4.79 Å². The second kappa shape index (κ2) is 14.4. The molecule has 1 amide bonds. The zero-order valence-corrected chi connectivity index (χ0v) is 23.3. The lowest BCUT2D eigenvalue weighted by molar-refractivity contribution is -0.290. The van der Waals surface area contributed by atoms with Crippen LogP contribution in [-0.2, 0) is 43.5 Å². The fraction of sp³-hybridized carbons (Fsp3) is 0.406. The van der Waals surface area contributed by atoms with Crippen molar-refractivity contribution < 1.29 is 33.6 Å². The van der Waals surface area contributed by atoms with E-state index >= 15 is 0 Å². The number of hydrogen-bond acceptors (Lipinski definition) is 7. The maximum absolute atomic E-state index is 13.0. The van der Waals surface area contributed by atoms with Crippen molar-refractivity contribution in [2.75, 3.05) is 6.61 Å². The highest BCUT2D eigenvalue weighted by molar-refractivity contribution is 5.68. The van der Waals surface area contributed by atoms with Crippen molar-refractivity contribution in [1.29, 1.82) is 0 Å². The molecule has 40 heavy (non-hydrogen) atoms. The van der Waals surface area contributed by atoms with Gasteiger partial charge in [-0.05, 0) is 37.5 Å². The molecule has 1 fully saturated rings. The molecule has 5 atom stereocenters. The molecule has 1 saturated heterocycles. The third-order valence-corrected chi connectivity index (χ3v) is 6.34. The van der Waals surface area contributed by atoms with Gasteiger partial charge in [0.05, 0.1) is 26.4 Å². The Morgan fingerprint density at radius 2 is 1.20 bits per heavy atom. The quantitative estimate of drug-likeness (QED) is 0.348. The number of rotatable bonds is 11. The van der Waals surface area contributed by atoms with Gasteiger partial charge in [0, 0.05) is 0 Å². The topological polar surface area (TPSA) is 95.5 Å². The number of ether oxygens (including phenoxy) is 5. The van der Waals surface area contributed by atoms with Crippen molar-refractivity contribution in [2.45, 2.75) is 76.8 Å². The molecule has 8 heteroatoms. The van der Waals surface area contributed by atoms with Gasteiger partial charge in [0.2, 0.25) is 0 Å².